The summed E-state index contributed by atoms with van der Waals surface area (Å²) in [5.41, 5.74) is -0.0531. The molecule has 3 rings (SSSR count). The maximum absolute atomic E-state index is 10.5. The molecular formula is C14H24O3. The molecule has 1 saturated carbocycles. The van der Waals surface area contributed by atoms with Crippen LogP contribution in [0.4, 0.5) is 0 Å². The second-order valence-corrected chi connectivity index (χ2v) is 6.12. The van der Waals surface area contributed by atoms with E-state index in [2.05, 4.69) is 0 Å². The monoisotopic (exact) mass is 240 g/mol. The molecule has 0 amide bonds. The van der Waals surface area contributed by atoms with Gasteiger partial charge in [-0.05, 0) is 37.5 Å². The lowest BCUT2D eigenvalue weighted by Crippen LogP contribution is -2.44. The SMILES string of the molecule is OC(C1CCCC1)C1CCOC2(CCOC2)C1. The molecule has 3 nitrogen and oxygen atoms in total. The minimum Gasteiger partial charge on any atom is -0.393 e. The van der Waals surface area contributed by atoms with Crippen molar-refractivity contribution in [1.29, 1.82) is 0 Å². The summed E-state index contributed by atoms with van der Waals surface area (Å²) < 4.78 is 11.4. The molecule has 0 aromatic rings. The van der Waals surface area contributed by atoms with E-state index in [4.69, 9.17) is 9.47 Å². The minimum absolute atomic E-state index is 0.0531. The molecule has 1 N–H and O–H groups in total. The van der Waals surface area contributed by atoms with E-state index in [-0.39, 0.29) is 11.7 Å². The Morgan fingerprint density at radius 2 is 1.88 bits per heavy atom. The van der Waals surface area contributed by atoms with Gasteiger partial charge in [-0.25, -0.2) is 0 Å². The molecule has 2 heterocycles. The highest BCUT2D eigenvalue weighted by molar-refractivity contribution is 4.93. The van der Waals surface area contributed by atoms with E-state index >= 15 is 0 Å². The number of hydrogen-bond donors (Lipinski definition) is 1. The fraction of sp³-hybridized carbons (Fsp3) is 1.00. The topological polar surface area (TPSA) is 38.7 Å². The zero-order valence-corrected chi connectivity index (χ0v) is 10.6. The van der Waals surface area contributed by atoms with Gasteiger partial charge in [-0.3, -0.25) is 0 Å². The van der Waals surface area contributed by atoms with Crippen LogP contribution in [0.25, 0.3) is 0 Å². The Balaban J connectivity index is 1.62. The first kappa shape index (κ1) is 11.9. The molecule has 2 aliphatic heterocycles. The summed E-state index contributed by atoms with van der Waals surface area (Å²) in [4.78, 5) is 0. The first-order valence-electron chi connectivity index (χ1n) is 7.19. The zero-order chi connectivity index (χ0) is 11.7. The number of aliphatic hydroxyl groups excluding tert-OH is 1. The lowest BCUT2D eigenvalue weighted by Gasteiger charge is -2.40. The third kappa shape index (κ3) is 2.38. The Bertz CT molecular complexity index is 254. The van der Waals surface area contributed by atoms with Crippen molar-refractivity contribution in [2.24, 2.45) is 11.8 Å². The van der Waals surface area contributed by atoms with E-state index in [0.717, 1.165) is 39.1 Å². The predicted molar refractivity (Wildman–Crippen MR) is 64.8 cm³/mol. The van der Waals surface area contributed by atoms with Gasteiger partial charge in [0.05, 0.1) is 18.3 Å². The van der Waals surface area contributed by atoms with Crippen molar-refractivity contribution in [2.45, 2.75) is 56.7 Å². The Morgan fingerprint density at radius 3 is 2.59 bits per heavy atom. The van der Waals surface area contributed by atoms with Gasteiger partial charge in [0, 0.05) is 19.6 Å². The molecule has 0 aromatic heterocycles. The van der Waals surface area contributed by atoms with Gasteiger partial charge in [0.1, 0.15) is 0 Å². The fourth-order valence-corrected chi connectivity index (χ4v) is 3.90. The highest BCUT2D eigenvalue weighted by Crippen LogP contribution is 2.41. The van der Waals surface area contributed by atoms with Crippen LogP contribution in [0.5, 0.6) is 0 Å². The standard InChI is InChI=1S/C14H24O3/c15-13(11-3-1-2-4-11)12-5-7-17-14(9-12)6-8-16-10-14/h11-13,15H,1-10H2. The second-order valence-electron chi connectivity index (χ2n) is 6.12. The van der Waals surface area contributed by atoms with Gasteiger partial charge in [-0.2, -0.15) is 0 Å². The van der Waals surface area contributed by atoms with E-state index in [0.29, 0.717) is 11.8 Å². The van der Waals surface area contributed by atoms with Crippen molar-refractivity contribution in [3.8, 4) is 0 Å². The number of hydrogen-bond acceptors (Lipinski definition) is 3. The third-order valence-corrected chi connectivity index (χ3v) is 4.96. The van der Waals surface area contributed by atoms with Crippen molar-refractivity contribution < 1.29 is 14.6 Å². The molecule has 17 heavy (non-hydrogen) atoms. The first-order valence-corrected chi connectivity index (χ1v) is 7.19. The molecule has 3 fully saturated rings. The molecule has 0 radical (unpaired) electrons. The van der Waals surface area contributed by atoms with Crippen LogP contribution in [0, 0.1) is 11.8 Å². The Labute approximate surface area is 103 Å². The third-order valence-electron chi connectivity index (χ3n) is 4.96. The molecule has 3 heteroatoms. The molecule has 98 valence electrons. The number of ether oxygens (including phenoxy) is 2. The van der Waals surface area contributed by atoms with E-state index in [1.54, 1.807) is 0 Å². The van der Waals surface area contributed by atoms with Gasteiger partial charge < -0.3 is 14.6 Å². The maximum Gasteiger partial charge on any atom is 0.0940 e. The summed E-state index contributed by atoms with van der Waals surface area (Å²) in [7, 11) is 0. The lowest BCUT2D eigenvalue weighted by atomic mass is 9.78. The van der Waals surface area contributed by atoms with Crippen LogP contribution in [-0.4, -0.2) is 36.6 Å². The summed E-state index contributed by atoms with van der Waals surface area (Å²) in [5, 5.41) is 10.5. The van der Waals surface area contributed by atoms with E-state index in [9.17, 15) is 5.11 Å². The predicted octanol–water partition coefficient (Wildman–Crippen LogP) is 2.12. The van der Waals surface area contributed by atoms with Gasteiger partial charge in [-0.15, -0.1) is 0 Å². The molecule has 0 bridgehead atoms. The van der Waals surface area contributed by atoms with Gasteiger partial charge in [-0.1, -0.05) is 12.8 Å². The van der Waals surface area contributed by atoms with Crippen molar-refractivity contribution in [3.05, 3.63) is 0 Å². The van der Waals surface area contributed by atoms with Gasteiger partial charge in [0.25, 0.3) is 0 Å². The fourth-order valence-electron chi connectivity index (χ4n) is 3.90. The van der Waals surface area contributed by atoms with Crippen LogP contribution in [0.2, 0.25) is 0 Å². The average Bonchev–Trinajstić information content (AvgIpc) is 3.00. The minimum atomic E-state index is -0.0983. The molecular weight excluding hydrogens is 216 g/mol. The Morgan fingerprint density at radius 1 is 1.06 bits per heavy atom. The summed E-state index contributed by atoms with van der Waals surface area (Å²) in [6.45, 7) is 2.37. The van der Waals surface area contributed by atoms with Crippen LogP contribution in [-0.2, 0) is 9.47 Å². The Kier molecular flexibility index (Phi) is 3.42. The number of rotatable bonds is 2. The highest BCUT2D eigenvalue weighted by Gasteiger charge is 2.44. The van der Waals surface area contributed by atoms with Crippen molar-refractivity contribution in [1.82, 2.24) is 0 Å². The number of aliphatic hydroxyl groups is 1. The average molecular weight is 240 g/mol. The molecule has 3 atom stereocenters. The zero-order valence-electron chi connectivity index (χ0n) is 10.6. The molecule has 1 aliphatic carbocycles. The highest BCUT2D eigenvalue weighted by atomic mass is 16.6. The summed E-state index contributed by atoms with van der Waals surface area (Å²) in [6, 6.07) is 0. The van der Waals surface area contributed by atoms with Crippen molar-refractivity contribution in [3.63, 3.8) is 0 Å². The summed E-state index contributed by atoms with van der Waals surface area (Å²) >= 11 is 0. The van der Waals surface area contributed by atoms with Crippen LogP contribution in [0.1, 0.15) is 44.9 Å². The van der Waals surface area contributed by atoms with E-state index < -0.39 is 0 Å². The Hall–Kier alpha value is -0.120. The molecule has 1 spiro atoms. The van der Waals surface area contributed by atoms with Crippen LogP contribution >= 0.6 is 0 Å². The molecule has 0 aromatic carbocycles. The van der Waals surface area contributed by atoms with Crippen LogP contribution < -0.4 is 0 Å². The molecule has 2 saturated heterocycles. The van der Waals surface area contributed by atoms with Gasteiger partial charge >= 0.3 is 0 Å². The molecule has 3 unspecified atom stereocenters. The van der Waals surface area contributed by atoms with Crippen LogP contribution in [0.15, 0.2) is 0 Å². The van der Waals surface area contributed by atoms with Crippen molar-refractivity contribution >= 4 is 0 Å². The quantitative estimate of drug-likeness (QED) is 0.803. The smallest absolute Gasteiger partial charge is 0.0940 e. The van der Waals surface area contributed by atoms with Crippen LogP contribution in [0.3, 0.4) is 0 Å². The van der Waals surface area contributed by atoms with Gasteiger partial charge in [0.2, 0.25) is 0 Å². The normalized spacial score (nSPS) is 41.1. The maximum atomic E-state index is 10.5. The van der Waals surface area contributed by atoms with Crippen molar-refractivity contribution in [2.75, 3.05) is 19.8 Å². The first-order chi connectivity index (χ1) is 8.29. The largest absolute Gasteiger partial charge is 0.393 e. The summed E-state index contributed by atoms with van der Waals surface area (Å²) in [6.07, 6.45) is 8.01. The van der Waals surface area contributed by atoms with E-state index in [1.165, 1.54) is 25.7 Å². The molecule has 3 aliphatic rings. The second kappa shape index (κ2) is 4.87. The van der Waals surface area contributed by atoms with E-state index in [1.807, 2.05) is 0 Å². The van der Waals surface area contributed by atoms with Gasteiger partial charge in [0.15, 0.2) is 0 Å². The lowest BCUT2D eigenvalue weighted by molar-refractivity contribution is -0.122. The summed E-state index contributed by atoms with van der Waals surface area (Å²) in [5.74, 6) is 0.992.